The monoisotopic (exact) mass is 371 g/mol. The van der Waals surface area contributed by atoms with E-state index in [1.165, 1.54) is 18.2 Å². The first kappa shape index (κ1) is 20.4. The Kier molecular flexibility index (Phi) is 6.92. The molecule has 0 aromatic heterocycles. The highest BCUT2D eigenvalue weighted by Crippen LogP contribution is 2.31. The molecule has 2 amide bonds. The first-order chi connectivity index (χ1) is 12.9. The van der Waals surface area contributed by atoms with E-state index in [9.17, 15) is 9.59 Å². The fourth-order valence-corrected chi connectivity index (χ4v) is 2.72. The minimum Gasteiger partial charge on any atom is -0.496 e. The lowest BCUT2D eigenvalue weighted by Crippen LogP contribution is -2.54. The van der Waals surface area contributed by atoms with E-state index in [4.69, 9.17) is 15.7 Å². The molecule has 0 saturated heterocycles. The Morgan fingerprint density at radius 1 is 1.19 bits per heavy atom. The maximum Gasteiger partial charge on any atom is 0.267 e. The number of methoxy groups -OCH3 is 1. The van der Waals surface area contributed by atoms with E-state index in [0.29, 0.717) is 11.3 Å². The number of hydroxylamine groups is 1. The number of carbonyl (C=O) groups excluding carboxylic acids is 2. The van der Waals surface area contributed by atoms with Crippen LogP contribution in [0.2, 0.25) is 0 Å². The number of amides is 2. The zero-order valence-electron chi connectivity index (χ0n) is 15.7. The van der Waals surface area contributed by atoms with E-state index >= 15 is 0 Å². The van der Waals surface area contributed by atoms with Crippen molar-refractivity contribution in [2.45, 2.75) is 32.4 Å². The third-order valence-corrected chi connectivity index (χ3v) is 4.34. The van der Waals surface area contributed by atoms with Gasteiger partial charge in [0.1, 0.15) is 11.8 Å². The molecule has 0 aliphatic rings. The third kappa shape index (κ3) is 4.84. The predicted molar refractivity (Wildman–Crippen MR) is 103 cm³/mol. The molecule has 0 heterocycles. The second-order valence-corrected chi connectivity index (χ2v) is 6.25. The average Bonchev–Trinajstić information content (AvgIpc) is 2.70. The van der Waals surface area contributed by atoms with Crippen LogP contribution in [0.15, 0.2) is 42.5 Å². The molecule has 7 heteroatoms. The summed E-state index contributed by atoms with van der Waals surface area (Å²) in [5.74, 6) is -0.735. The number of nitrogens with one attached hydrogen (secondary N) is 2. The number of ether oxygens (including phenoxy) is 1. The maximum atomic E-state index is 12.5. The van der Waals surface area contributed by atoms with E-state index in [1.807, 2.05) is 12.1 Å². The van der Waals surface area contributed by atoms with E-state index in [-0.39, 0.29) is 0 Å². The van der Waals surface area contributed by atoms with E-state index in [1.54, 1.807) is 25.1 Å². The molecule has 2 aromatic rings. The van der Waals surface area contributed by atoms with Gasteiger partial charge in [0.25, 0.3) is 11.8 Å². The van der Waals surface area contributed by atoms with E-state index in [2.05, 4.69) is 24.4 Å². The molecule has 5 N–H and O–H groups in total. The molecule has 0 bridgehead atoms. The lowest BCUT2D eigenvalue weighted by molar-refractivity contribution is -0.131. The summed E-state index contributed by atoms with van der Waals surface area (Å²) in [6.45, 7) is 3.65. The van der Waals surface area contributed by atoms with Crippen LogP contribution in [-0.2, 0) is 11.2 Å². The number of aryl methyl sites for hydroxylation is 1. The molecule has 27 heavy (non-hydrogen) atoms. The number of nitrogens with two attached hydrogens (primary N) is 1. The lowest BCUT2D eigenvalue weighted by atomic mass is 10.00. The van der Waals surface area contributed by atoms with Gasteiger partial charge in [0.05, 0.1) is 7.11 Å². The van der Waals surface area contributed by atoms with Crippen LogP contribution < -0.4 is 21.3 Å². The van der Waals surface area contributed by atoms with Crippen molar-refractivity contribution < 1.29 is 19.5 Å². The predicted octanol–water partition coefficient (Wildman–Crippen LogP) is 1.88. The molecule has 0 unspecified atom stereocenters. The fraction of sp³-hybridized carbons (Fsp3) is 0.300. The largest absolute Gasteiger partial charge is 0.496 e. The fourth-order valence-electron chi connectivity index (χ4n) is 2.72. The van der Waals surface area contributed by atoms with Gasteiger partial charge in [0.15, 0.2) is 0 Å². The van der Waals surface area contributed by atoms with Crippen LogP contribution in [0.5, 0.6) is 5.75 Å². The SMILES string of the molecule is CCc1ccc(-c2ccc(C(=O)N[C@H](C(=O)NO)[C@@H](C)N)cc2OC)cc1. The minimum atomic E-state index is -1.06. The summed E-state index contributed by atoms with van der Waals surface area (Å²) in [6.07, 6.45) is 0.957. The highest BCUT2D eigenvalue weighted by Gasteiger charge is 2.25. The van der Waals surface area contributed by atoms with Crippen LogP contribution in [0.1, 0.15) is 29.8 Å². The number of hydrogen-bond donors (Lipinski definition) is 4. The van der Waals surface area contributed by atoms with Crippen LogP contribution in [0.3, 0.4) is 0 Å². The van der Waals surface area contributed by atoms with Gasteiger partial charge in [-0.2, -0.15) is 0 Å². The topological polar surface area (TPSA) is 114 Å². The maximum absolute atomic E-state index is 12.5. The second kappa shape index (κ2) is 9.16. The standard InChI is InChI=1S/C20H25N3O4/c1-4-13-5-7-14(8-6-13)16-10-9-15(11-17(16)27-3)19(24)22-18(12(2)21)20(25)23-26/h5-12,18,26H,4,21H2,1-3H3,(H,22,24)(H,23,25)/t12-,18+/m1/s1. The first-order valence-corrected chi connectivity index (χ1v) is 8.69. The van der Waals surface area contributed by atoms with Gasteiger partial charge in [-0.3, -0.25) is 14.8 Å². The molecule has 0 fully saturated rings. The van der Waals surface area contributed by atoms with Crippen molar-refractivity contribution in [3.63, 3.8) is 0 Å². The average molecular weight is 371 g/mol. The molecule has 144 valence electrons. The van der Waals surface area contributed by atoms with Gasteiger partial charge in [-0.1, -0.05) is 31.2 Å². The van der Waals surface area contributed by atoms with Crippen LogP contribution in [0.25, 0.3) is 11.1 Å². The highest BCUT2D eigenvalue weighted by atomic mass is 16.5. The number of benzene rings is 2. The van der Waals surface area contributed by atoms with Gasteiger partial charge < -0.3 is 15.8 Å². The van der Waals surface area contributed by atoms with Crippen LogP contribution in [0.4, 0.5) is 0 Å². The van der Waals surface area contributed by atoms with Crippen molar-refractivity contribution in [3.05, 3.63) is 53.6 Å². The lowest BCUT2D eigenvalue weighted by Gasteiger charge is -2.20. The molecule has 0 aliphatic heterocycles. The quantitative estimate of drug-likeness (QED) is 0.438. The van der Waals surface area contributed by atoms with Gasteiger partial charge in [-0.15, -0.1) is 0 Å². The smallest absolute Gasteiger partial charge is 0.267 e. The normalized spacial score (nSPS) is 12.8. The molecular weight excluding hydrogens is 346 g/mol. The van der Waals surface area contributed by atoms with Crippen molar-refractivity contribution in [1.82, 2.24) is 10.8 Å². The number of hydrogen-bond acceptors (Lipinski definition) is 5. The van der Waals surface area contributed by atoms with Gasteiger partial charge in [0, 0.05) is 17.2 Å². The van der Waals surface area contributed by atoms with Crippen molar-refractivity contribution in [2.75, 3.05) is 7.11 Å². The summed E-state index contributed by atoms with van der Waals surface area (Å²) < 4.78 is 5.44. The summed E-state index contributed by atoms with van der Waals surface area (Å²) >= 11 is 0. The Labute approximate surface area is 158 Å². The highest BCUT2D eigenvalue weighted by molar-refractivity contribution is 5.98. The molecule has 0 aliphatic carbocycles. The minimum absolute atomic E-state index is 0.317. The molecule has 0 spiro atoms. The summed E-state index contributed by atoms with van der Waals surface area (Å²) in [5.41, 5.74) is 10.6. The summed E-state index contributed by atoms with van der Waals surface area (Å²) in [5, 5.41) is 11.3. The Morgan fingerprint density at radius 2 is 1.85 bits per heavy atom. The summed E-state index contributed by atoms with van der Waals surface area (Å²) in [7, 11) is 1.53. The Morgan fingerprint density at radius 3 is 2.37 bits per heavy atom. The molecule has 2 atom stereocenters. The van der Waals surface area contributed by atoms with Gasteiger partial charge in [-0.25, -0.2) is 5.48 Å². The molecule has 0 radical (unpaired) electrons. The summed E-state index contributed by atoms with van der Waals surface area (Å²) in [6, 6.07) is 11.4. The first-order valence-electron chi connectivity index (χ1n) is 8.69. The second-order valence-electron chi connectivity index (χ2n) is 6.25. The zero-order valence-corrected chi connectivity index (χ0v) is 15.7. The molecule has 0 saturated carbocycles. The number of rotatable bonds is 7. The molecule has 7 nitrogen and oxygen atoms in total. The van der Waals surface area contributed by atoms with Crippen molar-refractivity contribution in [3.8, 4) is 16.9 Å². The van der Waals surface area contributed by atoms with E-state index < -0.39 is 23.9 Å². The van der Waals surface area contributed by atoms with Gasteiger partial charge >= 0.3 is 0 Å². The zero-order chi connectivity index (χ0) is 20.0. The van der Waals surface area contributed by atoms with Crippen LogP contribution >= 0.6 is 0 Å². The van der Waals surface area contributed by atoms with Gasteiger partial charge in [-0.05, 0) is 42.7 Å². The molecule has 2 aromatic carbocycles. The van der Waals surface area contributed by atoms with Crippen LogP contribution in [-0.4, -0.2) is 36.2 Å². The molecule has 2 rings (SSSR count). The van der Waals surface area contributed by atoms with Crippen LogP contribution in [0, 0.1) is 0 Å². The van der Waals surface area contributed by atoms with Gasteiger partial charge in [0.2, 0.25) is 0 Å². The van der Waals surface area contributed by atoms with Crippen molar-refractivity contribution >= 4 is 11.8 Å². The van der Waals surface area contributed by atoms with Crippen molar-refractivity contribution in [1.29, 1.82) is 0 Å². The Hall–Kier alpha value is -2.90. The molecular formula is C20H25N3O4. The Balaban J connectivity index is 2.28. The van der Waals surface area contributed by atoms with Crippen molar-refractivity contribution in [2.24, 2.45) is 5.73 Å². The third-order valence-electron chi connectivity index (χ3n) is 4.34. The Bertz CT molecular complexity index is 803. The summed E-state index contributed by atoms with van der Waals surface area (Å²) in [4.78, 5) is 24.1. The van der Waals surface area contributed by atoms with E-state index in [0.717, 1.165) is 17.5 Å². The number of carbonyl (C=O) groups is 2.